The number of hydrogen-bond acceptors (Lipinski definition) is 5. The second kappa shape index (κ2) is 6.29. The topological polar surface area (TPSA) is 71.5 Å². The Kier molecular flexibility index (Phi) is 4.46. The summed E-state index contributed by atoms with van der Waals surface area (Å²) in [7, 11) is 0. The van der Waals surface area contributed by atoms with Crippen LogP contribution in [0.3, 0.4) is 0 Å². The lowest BCUT2D eigenvalue weighted by Gasteiger charge is -2.24. The van der Waals surface area contributed by atoms with Crippen molar-refractivity contribution in [1.82, 2.24) is 9.88 Å². The average molecular weight is 263 g/mol. The van der Waals surface area contributed by atoms with Crippen molar-refractivity contribution >= 4 is 17.6 Å². The van der Waals surface area contributed by atoms with Crippen LogP contribution >= 0.6 is 0 Å². The molecule has 1 fully saturated rings. The Morgan fingerprint density at radius 3 is 2.74 bits per heavy atom. The van der Waals surface area contributed by atoms with Crippen LogP contribution in [0.1, 0.15) is 19.0 Å². The number of anilines is 1. The number of ether oxygens (including phenoxy) is 1. The maximum absolute atomic E-state index is 11.6. The van der Waals surface area contributed by atoms with Gasteiger partial charge in [0.05, 0.1) is 12.2 Å². The quantitative estimate of drug-likeness (QED) is 0.795. The maximum atomic E-state index is 11.6. The van der Waals surface area contributed by atoms with E-state index in [0.29, 0.717) is 5.69 Å². The van der Waals surface area contributed by atoms with E-state index in [1.54, 1.807) is 6.07 Å². The number of imide groups is 1. The van der Waals surface area contributed by atoms with Gasteiger partial charge in [0.15, 0.2) is 0 Å². The molecule has 2 heterocycles. The van der Waals surface area contributed by atoms with Gasteiger partial charge in [0.2, 0.25) is 0 Å². The van der Waals surface area contributed by atoms with Gasteiger partial charge in [-0.15, -0.1) is 0 Å². The van der Waals surface area contributed by atoms with Crippen LogP contribution in [0.15, 0.2) is 18.2 Å². The fourth-order valence-corrected chi connectivity index (χ4v) is 1.78. The van der Waals surface area contributed by atoms with E-state index in [1.165, 1.54) is 4.90 Å². The lowest BCUT2D eigenvalue weighted by atomic mass is 10.3. The molecular formula is C13H17N3O3. The Labute approximate surface area is 111 Å². The number of carbonyl (C=O) groups excluding carboxylic acids is 2. The van der Waals surface area contributed by atoms with Gasteiger partial charge in [-0.05, 0) is 18.6 Å². The Hall–Kier alpha value is -1.95. The molecule has 1 aliphatic rings. The van der Waals surface area contributed by atoms with Crippen molar-refractivity contribution in [3.05, 3.63) is 23.9 Å². The summed E-state index contributed by atoms with van der Waals surface area (Å²) in [5.41, 5.74) is 0.685. The van der Waals surface area contributed by atoms with Crippen molar-refractivity contribution in [2.45, 2.75) is 19.9 Å². The smallest absolute Gasteiger partial charge is 0.255 e. The van der Waals surface area contributed by atoms with Crippen molar-refractivity contribution in [3.8, 4) is 0 Å². The van der Waals surface area contributed by atoms with Gasteiger partial charge < -0.3 is 10.1 Å². The molecular weight excluding hydrogens is 246 g/mol. The molecule has 0 bridgehead atoms. The number of nitrogens with one attached hydrogen (secondary N) is 1. The molecule has 0 saturated carbocycles. The van der Waals surface area contributed by atoms with Crippen LogP contribution in [-0.2, 0) is 20.9 Å². The lowest BCUT2D eigenvalue weighted by molar-refractivity contribution is -0.159. The van der Waals surface area contributed by atoms with Crippen molar-refractivity contribution < 1.29 is 14.3 Å². The molecule has 0 aliphatic carbocycles. The van der Waals surface area contributed by atoms with Crippen LogP contribution in [0.2, 0.25) is 0 Å². The van der Waals surface area contributed by atoms with Crippen LogP contribution in [0.5, 0.6) is 0 Å². The SMILES string of the molecule is CCCNc1cccc(CN2C(=O)COCC2=O)n1. The summed E-state index contributed by atoms with van der Waals surface area (Å²) in [6, 6.07) is 5.52. The molecule has 0 spiro atoms. The molecule has 2 amide bonds. The molecule has 2 rings (SSSR count). The van der Waals surface area contributed by atoms with Gasteiger partial charge >= 0.3 is 0 Å². The molecule has 1 aromatic heterocycles. The van der Waals surface area contributed by atoms with E-state index in [4.69, 9.17) is 4.74 Å². The van der Waals surface area contributed by atoms with Crippen LogP contribution in [0.4, 0.5) is 5.82 Å². The van der Waals surface area contributed by atoms with E-state index in [2.05, 4.69) is 17.2 Å². The summed E-state index contributed by atoms with van der Waals surface area (Å²) < 4.78 is 4.87. The van der Waals surface area contributed by atoms with Gasteiger partial charge in [0.25, 0.3) is 11.8 Å². The molecule has 6 nitrogen and oxygen atoms in total. The average Bonchev–Trinajstić information content (AvgIpc) is 2.41. The minimum absolute atomic E-state index is 0.0421. The first-order chi connectivity index (χ1) is 9.20. The van der Waals surface area contributed by atoms with Crippen molar-refractivity contribution in [2.24, 2.45) is 0 Å². The summed E-state index contributed by atoms with van der Waals surface area (Å²) in [5, 5.41) is 3.17. The van der Waals surface area contributed by atoms with Gasteiger partial charge in [0.1, 0.15) is 19.0 Å². The molecule has 0 radical (unpaired) electrons. The zero-order chi connectivity index (χ0) is 13.7. The minimum Gasteiger partial charge on any atom is -0.370 e. The van der Waals surface area contributed by atoms with E-state index < -0.39 is 0 Å². The highest BCUT2D eigenvalue weighted by atomic mass is 16.5. The van der Waals surface area contributed by atoms with Crippen LogP contribution in [0.25, 0.3) is 0 Å². The molecule has 1 N–H and O–H groups in total. The van der Waals surface area contributed by atoms with Gasteiger partial charge in [-0.25, -0.2) is 4.98 Å². The molecule has 0 aromatic carbocycles. The predicted octanol–water partition coefficient (Wildman–Crippen LogP) is 0.789. The molecule has 0 atom stereocenters. The summed E-state index contributed by atoms with van der Waals surface area (Å²) in [6.45, 7) is 3.02. The Bertz CT molecular complexity index is 460. The number of nitrogens with zero attached hydrogens (tertiary/aromatic N) is 2. The highest BCUT2D eigenvalue weighted by molar-refractivity contribution is 5.98. The number of morpholine rings is 1. The number of aromatic nitrogens is 1. The van der Waals surface area contributed by atoms with Gasteiger partial charge in [-0.2, -0.15) is 0 Å². The van der Waals surface area contributed by atoms with Crippen molar-refractivity contribution in [1.29, 1.82) is 0 Å². The van der Waals surface area contributed by atoms with Crippen LogP contribution in [-0.4, -0.2) is 41.5 Å². The van der Waals surface area contributed by atoms with E-state index in [9.17, 15) is 9.59 Å². The van der Waals surface area contributed by atoms with Crippen LogP contribution < -0.4 is 5.32 Å². The van der Waals surface area contributed by atoms with E-state index in [0.717, 1.165) is 18.8 Å². The van der Waals surface area contributed by atoms with E-state index in [-0.39, 0.29) is 31.6 Å². The van der Waals surface area contributed by atoms with Gasteiger partial charge in [0, 0.05) is 6.54 Å². The Morgan fingerprint density at radius 2 is 2.05 bits per heavy atom. The molecule has 102 valence electrons. The normalized spacial score (nSPS) is 15.7. The summed E-state index contributed by atoms with van der Waals surface area (Å²) in [6.07, 6.45) is 1.01. The summed E-state index contributed by atoms with van der Waals surface area (Å²) in [4.78, 5) is 28.8. The monoisotopic (exact) mass is 263 g/mol. The number of rotatable bonds is 5. The third-order valence-electron chi connectivity index (χ3n) is 2.74. The van der Waals surface area contributed by atoms with Gasteiger partial charge in [-0.1, -0.05) is 13.0 Å². The van der Waals surface area contributed by atoms with E-state index in [1.807, 2.05) is 12.1 Å². The van der Waals surface area contributed by atoms with Gasteiger partial charge in [-0.3, -0.25) is 14.5 Å². The highest BCUT2D eigenvalue weighted by Gasteiger charge is 2.26. The zero-order valence-electron chi connectivity index (χ0n) is 10.9. The maximum Gasteiger partial charge on any atom is 0.255 e. The third-order valence-corrected chi connectivity index (χ3v) is 2.74. The molecule has 6 heteroatoms. The molecule has 1 saturated heterocycles. The first-order valence-electron chi connectivity index (χ1n) is 6.31. The number of carbonyl (C=O) groups is 2. The zero-order valence-corrected chi connectivity index (χ0v) is 10.9. The predicted molar refractivity (Wildman–Crippen MR) is 69.4 cm³/mol. The molecule has 1 aromatic rings. The second-order valence-corrected chi connectivity index (χ2v) is 4.31. The summed E-state index contributed by atoms with van der Waals surface area (Å²) in [5.74, 6) is 0.127. The van der Waals surface area contributed by atoms with E-state index >= 15 is 0 Å². The summed E-state index contributed by atoms with van der Waals surface area (Å²) >= 11 is 0. The second-order valence-electron chi connectivity index (χ2n) is 4.31. The number of hydrogen-bond donors (Lipinski definition) is 1. The Morgan fingerprint density at radius 1 is 1.32 bits per heavy atom. The van der Waals surface area contributed by atoms with Crippen LogP contribution in [0, 0.1) is 0 Å². The molecule has 19 heavy (non-hydrogen) atoms. The highest BCUT2D eigenvalue weighted by Crippen LogP contribution is 2.10. The lowest BCUT2D eigenvalue weighted by Crippen LogP contribution is -2.45. The Balaban J connectivity index is 2.05. The number of amides is 2. The first kappa shape index (κ1) is 13.5. The fraction of sp³-hybridized carbons (Fsp3) is 0.462. The van der Waals surface area contributed by atoms with Crippen molar-refractivity contribution in [3.63, 3.8) is 0 Å². The molecule has 0 unspecified atom stereocenters. The molecule has 1 aliphatic heterocycles. The standard InChI is InChI=1S/C13H17N3O3/c1-2-6-14-11-5-3-4-10(15-11)7-16-12(17)8-19-9-13(16)18/h3-5H,2,6-9H2,1H3,(H,14,15). The first-order valence-corrected chi connectivity index (χ1v) is 6.31. The van der Waals surface area contributed by atoms with Crippen molar-refractivity contribution in [2.75, 3.05) is 25.1 Å². The third kappa shape index (κ3) is 3.51. The minimum atomic E-state index is -0.315. The fourth-order valence-electron chi connectivity index (χ4n) is 1.78. The largest absolute Gasteiger partial charge is 0.370 e. The number of pyridine rings is 1.